The van der Waals surface area contributed by atoms with Gasteiger partial charge in [0.05, 0.1) is 8.07 Å². The van der Waals surface area contributed by atoms with Gasteiger partial charge in [-0.05, 0) is 22.9 Å². The van der Waals surface area contributed by atoms with E-state index in [1.165, 1.54) is 0 Å². The topological polar surface area (TPSA) is 26.3 Å². The van der Waals surface area contributed by atoms with Crippen LogP contribution in [0.3, 0.4) is 0 Å². The van der Waals surface area contributed by atoms with Gasteiger partial charge in [-0.1, -0.05) is 25.3 Å². The zero-order chi connectivity index (χ0) is 10.2. The van der Waals surface area contributed by atoms with Crippen molar-refractivity contribution in [3.63, 3.8) is 0 Å². The molecule has 1 aliphatic heterocycles. The summed E-state index contributed by atoms with van der Waals surface area (Å²) in [4.78, 5) is 11.1. The summed E-state index contributed by atoms with van der Waals surface area (Å²) in [5, 5.41) is 0. The molecule has 0 aromatic rings. The summed E-state index contributed by atoms with van der Waals surface area (Å²) in [6.45, 7) is 8.50. The second kappa shape index (κ2) is 3.42. The molecule has 0 saturated carbocycles. The molecule has 2 nitrogen and oxygen atoms in total. The van der Waals surface area contributed by atoms with E-state index in [0.29, 0.717) is 4.48 Å². The molecule has 0 bridgehead atoms. The highest BCUT2D eigenvalue weighted by Gasteiger charge is 2.26. The fourth-order valence-electron chi connectivity index (χ4n) is 1.01. The summed E-state index contributed by atoms with van der Waals surface area (Å²) in [5.41, 5.74) is 3.00. The quantitative estimate of drug-likeness (QED) is 0.536. The molecule has 0 radical (unpaired) electrons. The molecule has 1 aliphatic rings. The molecule has 0 aromatic carbocycles. The highest BCUT2D eigenvalue weighted by Crippen LogP contribution is 2.30. The lowest BCUT2D eigenvalue weighted by Crippen LogP contribution is -2.17. The molecule has 13 heavy (non-hydrogen) atoms. The number of ether oxygens (including phenoxy) is 1. The Kier molecular flexibility index (Phi) is 2.82. The van der Waals surface area contributed by atoms with E-state index < -0.39 is 8.07 Å². The Labute approximate surface area is 87.8 Å². The smallest absolute Gasteiger partial charge is 0.351 e. The number of esters is 1. The Hall–Kier alpha value is -0.353. The normalized spacial score (nSPS) is 21.3. The molecule has 0 saturated heterocycles. The number of rotatable bonds is 1. The average molecular weight is 261 g/mol. The summed E-state index contributed by atoms with van der Waals surface area (Å²) in [6.07, 6.45) is 0. The van der Waals surface area contributed by atoms with Crippen LogP contribution in [0, 0.1) is 0 Å². The largest absolute Gasteiger partial charge is 0.423 e. The maximum atomic E-state index is 11.1. The zero-order valence-corrected chi connectivity index (χ0v) is 10.9. The van der Waals surface area contributed by atoms with Crippen molar-refractivity contribution in [2.75, 3.05) is 0 Å². The van der Waals surface area contributed by atoms with Crippen LogP contribution in [0.4, 0.5) is 0 Å². The van der Waals surface area contributed by atoms with Crippen LogP contribution in [-0.4, -0.2) is 14.0 Å². The summed E-state index contributed by atoms with van der Waals surface area (Å²) in [7, 11) is -1.32. The Balaban J connectivity index is 3.01. The Morgan fingerprint density at radius 2 is 1.92 bits per heavy atom. The number of carbonyl (C=O) groups is 1. The van der Waals surface area contributed by atoms with Crippen molar-refractivity contribution in [2.24, 2.45) is 0 Å². The van der Waals surface area contributed by atoms with E-state index in [1.54, 1.807) is 0 Å². The summed E-state index contributed by atoms with van der Waals surface area (Å²) in [6, 6.07) is 0. The van der Waals surface area contributed by atoms with Gasteiger partial charge in [0.25, 0.3) is 0 Å². The van der Waals surface area contributed by atoms with Crippen molar-refractivity contribution in [2.45, 2.75) is 26.6 Å². The van der Waals surface area contributed by atoms with E-state index >= 15 is 0 Å². The first-order valence-corrected chi connectivity index (χ1v) is 8.50. The number of halogens is 1. The van der Waals surface area contributed by atoms with Crippen molar-refractivity contribution in [3.05, 3.63) is 21.5 Å². The SMILES string of the molecule is CC1=C(Br)C(=O)O/C1=C\[Si](C)(C)C. The van der Waals surface area contributed by atoms with Gasteiger partial charge in [0.15, 0.2) is 0 Å². The van der Waals surface area contributed by atoms with Crippen molar-refractivity contribution < 1.29 is 9.53 Å². The molecule has 0 aliphatic carbocycles. The molecule has 0 fully saturated rings. The van der Waals surface area contributed by atoms with E-state index in [1.807, 2.05) is 6.92 Å². The van der Waals surface area contributed by atoms with E-state index in [9.17, 15) is 4.79 Å². The van der Waals surface area contributed by atoms with Crippen LogP contribution < -0.4 is 0 Å². The Bertz CT molecular complexity index is 310. The highest BCUT2D eigenvalue weighted by atomic mass is 79.9. The second-order valence-electron chi connectivity index (χ2n) is 4.20. The average Bonchev–Trinajstić information content (AvgIpc) is 2.15. The summed E-state index contributed by atoms with van der Waals surface area (Å²) >= 11 is 3.20. The molecule has 0 atom stereocenters. The molecule has 0 N–H and O–H groups in total. The lowest BCUT2D eigenvalue weighted by molar-refractivity contribution is -0.132. The monoisotopic (exact) mass is 260 g/mol. The number of hydrogen-bond acceptors (Lipinski definition) is 2. The third kappa shape index (κ3) is 2.54. The van der Waals surface area contributed by atoms with Crippen molar-refractivity contribution in [1.82, 2.24) is 0 Å². The second-order valence-corrected chi connectivity index (χ2v) is 10.0. The number of carbonyl (C=O) groups excluding carboxylic acids is 1. The standard InChI is InChI=1S/C9H13BrO2Si/c1-6-7(5-13(2,3)4)12-9(11)8(6)10/h5H,1-4H3/b7-5-. The van der Waals surface area contributed by atoms with Gasteiger partial charge in [-0.25, -0.2) is 4.79 Å². The van der Waals surface area contributed by atoms with Gasteiger partial charge in [0.1, 0.15) is 10.2 Å². The molecular weight excluding hydrogens is 248 g/mol. The van der Waals surface area contributed by atoms with Crippen molar-refractivity contribution >= 4 is 30.0 Å². The fourth-order valence-corrected chi connectivity index (χ4v) is 2.35. The molecule has 0 spiro atoms. The van der Waals surface area contributed by atoms with Gasteiger partial charge in [0, 0.05) is 5.57 Å². The Morgan fingerprint density at radius 3 is 2.23 bits per heavy atom. The van der Waals surface area contributed by atoms with Crippen molar-refractivity contribution in [3.8, 4) is 0 Å². The maximum absolute atomic E-state index is 11.1. The van der Waals surface area contributed by atoms with Crippen LogP contribution in [-0.2, 0) is 9.53 Å². The minimum absolute atomic E-state index is 0.276. The van der Waals surface area contributed by atoms with Gasteiger partial charge in [-0.3, -0.25) is 0 Å². The minimum atomic E-state index is -1.32. The van der Waals surface area contributed by atoms with Gasteiger partial charge < -0.3 is 4.74 Å². The van der Waals surface area contributed by atoms with Crippen LogP contribution in [0.5, 0.6) is 0 Å². The van der Waals surface area contributed by atoms with Gasteiger partial charge in [0.2, 0.25) is 0 Å². The van der Waals surface area contributed by atoms with Crippen LogP contribution in [0.15, 0.2) is 21.5 Å². The fraction of sp³-hybridized carbons (Fsp3) is 0.444. The lowest BCUT2D eigenvalue weighted by Gasteiger charge is -2.10. The van der Waals surface area contributed by atoms with Gasteiger partial charge >= 0.3 is 5.97 Å². The number of allylic oxidation sites excluding steroid dienone is 1. The molecule has 0 unspecified atom stereocenters. The van der Waals surface area contributed by atoms with Crippen LogP contribution in [0.2, 0.25) is 19.6 Å². The van der Waals surface area contributed by atoms with Crippen molar-refractivity contribution in [1.29, 1.82) is 0 Å². The summed E-state index contributed by atoms with van der Waals surface area (Å²) < 4.78 is 5.65. The zero-order valence-electron chi connectivity index (χ0n) is 8.27. The number of hydrogen-bond donors (Lipinski definition) is 0. The lowest BCUT2D eigenvalue weighted by atomic mass is 10.3. The first-order valence-electron chi connectivity index (χ1n) is 4.13. The minimum Gasteiger partial charge on any atom is -0.423 e. The van der Waals surface area contributed by atoms with Gasteiger partial charge in [-0.2, -0.15) is 0 Å². The molecule has 1 rings (SSSR count). The summed E-state index contributed by atoms with van der Waals surface area (Å²) in [5.74, 6) is 0.457. The van der Waals surface area contributed by atoms with E-state index in [-0.39, 0.29) is 5.97 Å². The third-order valence-electron chi connectivity index (χ3n) is 1.64. The predicted octanol–water partition coefficient (Wildman–Crippen LogP) is 2.97. The first-order chi connectivity index (χ1) is 5.81. The predicted molar refractivity (Wildman–Crippen MR) is 59.1 cm³/mol. The molecule has 72 valence electrons. The van der Waals surface area contributed by atoms with Gasteiger partial charge in [-0.15, -0.1) is 0 Å². The van der Waals surface area contributed by atoms with Crippen LogP contribution >= 0.6 is 15.9 Å². The molecule has 0 aromatic heterocycles. The number of cyclic esters (lactones) is 1. The molecule has 1 heterocycles. The van der Waals surface area contributed by atoms with E-state index in [2.05, 4.69) is 41.3 Å². The highest BCUT2D eigenvalue weighted by molar-refractivity contribution is 9.12. The molecule has 4 heteroatoms. The van der Waals surface area contributed by atoms with Crippen LogP contribution in [0.25, 0.3) is 0 Å². The maximum Gasteiger partial charge on any atom is 0.351 e. The van der Waals surface area contributed by atoms with E-state index in [0.717, 1.165) is 11.3 Å². The van der Waals surface area contributed by atoms with E-state index in [4.69, 9.17) is 4.74 Å². The molecule has 0 amide bonds. The molecular formula is C9H13BrO2Si. The van der Waals surface area contributed by atoms with Crippen LogP contribution in [0.1, 0.15) is 6.92 Å². The first kappa shape index (κ1) is 10.7. The Morgan fingerprint density at radius 1 is 1.38 bits per heavy atom. The third-order valence-corrected chi connectivity index (χ3v) is 3.69.